The highest BCUT2D eigenvalue weighted by molar-refractivity contribution is 6.42. The zero-order chi connectivity index (χ0) is 24.1. The number of para-hydroxylation sites is 2. The van der Waals surface area contributed by atoms with Gasteiger partial charge in [-0.05, 0) is 54.4 Å². The Morgan fingerprint density at radius 3 is 2.53 bits per heavy atom. The minimum absolute atomic E-state index is 0.162. The Morgan fingerprint density at radius 2 is 1.76 bits per heavy atom. The molecule has 3 aromatic carbocycles. The zero-order valence-corrected chi connectivity index (χ0v) is 20.5. The van der Waals surface area contributed by atoms with Crippen LogP contribution >= 0.6 is 23.2 Å². The Kier molecular flexibility index (Phi) is 7.60. The lowest BCUT2D eigenvalue weighted by Crippen LogP contribution is -2.25. The monoisotopic (exact) mass is 497 g/mol. The van der Waals surface area contributed by atoms with Gasteiger partial charge in [-0.3, -0.25) is 4.79 Å². The topological polar surface area (TPSA) is 65.4 Å². The Morgan fingerprint density at radius 1 is 0.971 bits per heavy atom. The lowest BCUT2D eigenvalue weighted by molar-refractivity contribution is 0.0952. The number of nitrogens with one attached hydrogen (secondary N) is 1. The number of rotatable bonds is 9. The molecule has 34 heavy (non-hydrogen) atoms. The molecule has 176 valence electrons. The molecule has 0 spiro atoms. The molecule has 0 aliphatic heterocycles. The molecule has 0 saturated heterocycles. The summed E-state index contributed by atoms with van der Waals surface area (Å²) in [6, 6.07) is 18.8. The van der Waals surface area contributed by atoms with E-state index >= 15 is 0 Å². The molecule has 0 aliphatic carbocycles. The standard InChI is InChI=1S/C26H25Cl2N3O3/c1-33-23-12-10-18(15-24(23)34-2)26(32)29-13-5-8-25-30-21-6-3-4-7-22(21)31(25)16-17-9-11-19(27)20(28)14-17/h3-4,6-7,9-12,14-15H,5,8,13,16H2,1-2H3,(H,29,32). The summed E-state index contributed by atoms with van der Waals surface area (Å²) in [6.07, 6.45) is 1.45. The van der Waals surface area contributed by atoms with Crippen LogP contribution in [0.2, 0.25) is 10.0 Å². The maximum absolute atomic E-state index is 12.6. The van der Waals surface area contributed by atoms with Gasteiger partial charge in [0.05, 0.1) is 35.3 Å². The van der Waals surface area contributed by atoms with Crippen molar-refractivity contribution in [1.82, 2.24) is 14.9 Å². The molecule has 0 saturated carbocycles. The SMILES string of the molecule is COc1ccc(C(=O)NCCCc2nc3ccccc3n2Cc2ccc(Cl)c(Cl)c2)cc1OC. The summed E-state index contributed by atoms with van der Waals surface area (Å²) >= 11 is 12.3. The maximum atomic E-state index is 12.6. The molecule has 1 N–H and O–H groups in total. The van der Waals surface area contributed by atoms with E-state index in [9.17, 15) is 4.79 Å². The van der Waals surface area contributed by atoms with Gasteiger partial charge in [-0.15, -0.1) is 0 Å². The number of amides is 1. The Labute approximate surface area is 208 Å². The van der Waals surface area contributed by atoms with Crippen LogP contribution in [0.4, 0.5) is 0 Å². The second-order valence-electron chi connectivity index (χ2n) is 7.78. The predicted molar refractivity (Wildman–Crippen MR) is 135 cm³/mol. The number of carbonyl (C=O) groups excluding carboxylic acids is 1. The molecule has 0 fully saturated rings. The summed E-state index contributed by atoms with van der Waals surface area (Å²) in [4.78, 5) is 17.4. The van der Waals surface area contributed by atoms with E-state index in [4.69, 9.17) is 37.7 Å². The molecule has 0 radical (unpaired) electrons. The Hall–Kier alpha value is -3.22. The number of aromatic nitrogens is 2. The highest BCUT2D eigenvalue weighted by atomic mass is 35.5. The molecule has 1 amide bonds. The van der Waals surface area contributed by atoms with Crippen LogP contribution in [0.5, 0.6) is 11.5 Å². The van der Waals surface area contributed by atoms with Crippen LogP contribution in [0.25, 0.3) is 11.0 Å². The van der Waals surface area contributed by atoms with Crippen molar-refractivity contribution >= 4 is 40.1 Å². The first-order valence-electron chi connectivity index (χ1n) is 10.9. The van der Waals surface area contributed by atoms with Crippen molar-refractivity contribution in [3.05, 3.63) is 87.7 Å². The summed E-state index contributed by atoms with van der Waals surface area (Å²) in [7, 11) is 3.11. The summed E-state index contributed by atoms with van der Waals surface area (Å²) in [5.41, 5.74) is 3.55. The van der Waals surface area contributed by atoms with E-state index in [2.05, 4.69) is 16.0 Å². The fourth-order valence-electron chi connectivity index (χ4n) is 3.84. The van der Waals surface area contributed by atoms with E-state index in [1.165, 1.54) is 0 Å². The lowest BCUT2D eigenvalue weighted by atomic mass is 10.2. The van der Waals surface area contributed by atoms with Crippen LogP contribution in [-0.4, -0.2) is 36.2 Å². The zero-order valence-electron chi connectivity index (χ0n) is 19.0. The van der Waals surface area contributed by atoms with Crippen LogP contribution in [0.3, 0.4) is 0 Å². The van der Waals surface area contributed by atoms with Gasteiger partial charge in [0.25, 0.3) is 5.91 Å². The number of imidazole rings is 1. The maximum Gasteiger partial charge on any atom is 0.251 e. The van der Waals surface area contributed by atoms with Gasteiger partial charge >= 0.3 is 0 Å². The number of ether oxygens (including phenoxy) is 2. The van der Waals surface area contributed by atoms with Crippen LogP contribution in [0.1, 0.15) is 28.2 Å². The van der Waals surface area contributed by atoms with E-state index in [-0.39, 0.29) is 5.91 Å². The number of fused-ring (bicyclic) bond motifs is 1. The van der Waals surface area contributed by atoms with Crippen molar-refractivity contribution in [3.8, 4) is 11.5 Å². The molecule has 0 atom stereocenters. The van der Waals surface area contributed by atoms with Crippen molar-refractivity contribution < 1.29 is 14.3 Å². The molecule has 0 bridgehead atoms. The van der Waals surface area contributed by atoms with Crippen molar-refractivity contribution in [3.63, 3.8) is 0 Å². The van der Waals surface area contributed by atoms with Crippen molar-refractivity contribution in [2.75, 3.05) is 20.8 Å². The third kappa shape index (κ3) is 5.29. The molecule has 6 nitrogen and oxygen atoms in total. The number of carbonyl (C=O) groups is 1. The molecular weight excluding hydrogens is 473 g/mol. The van der Waals surface area contributed by atoms with Gasteiger partial charge in [0.15, 0.2) is 11.5 Å². The largest absolute Gasteiger partial charge is 0.493 e. The normalized spacial score (nSPS) is 10.9. The van der Waals surface area contributed by atoms with Crippen molar-refractivity contribution in [2.24, 2.45) is 0 Å². The van der Waals surface area contributed by atoms with Gasteiger partial charge in [0.2, 0.25) is 0 Å². The fraction of sp³-hybridized carbons (Fsp3) is 0.231. The quantitative estimate of drug-likeness (QED) is 0.298. The van der Waals surface area contributed by atoms with E-state index in [1.54, 1.807) is 32.4 Å². The number of aryl methyl sites for hydroxylation is 1. The summed E-state index contributed by atoms with van der Waals surface area (Å²) in [5.74, 6) is 1.89. The summed E-state index contributed by atoms with van der Waals surface area (Å²) in [6.45, 7) is 1.15. The van der Waals surface area contributed by atoms with E-state index in [0.29, 0.717) is 46.6 Å². The smallest absolute Gasteiger partial charge is 0.251 e. The van der Waals surface area contributed by atoms with Crippen molar-refractivity contribution in [1.29, 1.82) is 0 Å². The minimum Gasteiger partial charge on any atom is -0.493 e. The van der Waals surface area contributed by atoms with Crippen LogP contribution < -0.4 is 14.8 Å². The van der Waals surface area contributed by atoms with Crippen LogP contribution in [0.15, 0.2) is 60.7 Å². The van der Waals surface area contributed by atoms with Gasteiger partial charge < -0.3 is 19.4 Å². The number of methoxy groups -OCH3 is 2. The molecule has 8 heteroatoms. The molecule has 4 rings (SSSR count). The average molecular weight is 498 g/mol. The minimum atomic E-state index is -0.162. The van der Waals surface area contributed by atoms with E-state index in [0.717, 1.165) is 28.8 Å². The summed E-state index contributed by atoms with van der Waals surface area (Å²) < 4.78 is 12.7. The van der Waals surface area contributed by atoms with E-state index in [1.807, 2.05) is 36.4 Å². The average Bonchev–Trinajstić information content (AvgIpc) is 3.20. The molecule has 1 heterocycles. The van der Waals surface area contributed by atoms with Gasteiger partial charge in [-0.1, -0.05) is 41.4 Å². The Bertz CT molecular complexity index is 1320. The van der Waals surface area contributed by atoms with E-state index < -0.39 is 0 Å². The third-order valence-corrected chi connectivity index (χ3v) is 6.31. The van der Waals surface area contributed by atoms with Gasteiger partial charge in [0.1, 0.15) is 5.82 Å². The Balaban J connectivity index is 1.44. The first-order valence-corrected chi connectivity index (χ1v) is 11.6. The highest BCUT2D eigenvalue weighted by Gasteiger charge is 2.13. The fourth-order valence-corrected chi connectivity index (χ4v) is 4.16. The second-order valence-corrected chi connectivity index (χ2v) is 8.59. The second kappa shape index (κ2) is 10.8. The van der Waals surface area contributed by atoms with Crippen LogP contribution in [0, 0.1) is 0 Å². The first kappa shape index (κ1) is 23.9. The lowest BCUT2D eigenvalue weighted by Gasteiger charge is -2.11. The number of benzene rings is 3. The van der Waals surface area contributed by atoms with Gasteiger partial charge in [-0.2, -0.15) is 0 Å². The highest BCUT2D eigenvalue weighted by Crippen LogP contribution is 2.28. The molecule has 1 aromatic heterocycles. The van der Waals surface area contributed by atoms with Crippen molar-refractivity contribution in [2.45, 2.75) is 19.4 Å². The molecular formula is C26H25Cl2N3O3. The molecule has 0 unspecified atom stereocenters. The predicted octanol–water partition coefficient (Wildman–Crippen LogP) is 5.77. The number of nitrogens with zero attached hydrogens (tertiary/aromatic N) is 2. The number of hydrogen-bond acceptors (Lipinski definition) is 4. The number of hydrogen-bond donors (Lipinski definition) is 1. The molecule has 4 aromatic rings. The van der Waals surface area contributed by atoms with Gasteiger partial charge in [0, 0.05) is 25.1 Å². The van der Waals surface area contributed by atoms with Crippen LogP contribution in [-0.2, 0) is 13.0 Å². The van der Waals surface area contributed by atoms with Gasteiger partial charge in [-0.25, -0.2) is 4.98 Å². The summed E-state index contributed by atoms with van der Waals surface area (Å²) in [5, 5.41) is 4.03. The number of halogens is 2. The molecule has 0 aliphatic rings. The third-order valence-electron chi connectivity index (χ3n) is 5.57. The first-order chi connectivity index (χ1) is 16.5.